The fourth-order valence-corrected chi connectivity index (χ4v) is 3.09. The number of benzene rings is 1. The first kappa shape index (κ1) is 22.1. The minimum atomic E-state index is -1.85. The van der Waals surface area contributed by atoms with Crippen LogP contribution in [0.2, 0.25) is 0 Å². The van der Waals surface area contributed by atoms with Crippen LogP contribution in [0.25, 0.3) is 6.08 Å². The number of aliphatic hydroxyl groups excluding tert-OH is 5. The third-order valence-corrected chi connectivity index (χ3v) is 5.04. The van der Waals surface area contributed by atoms with Crippen LogP contribution in [-0.4, -0.2) is 99.2 Å². The molecule has 1 aromatic rings. The number of aliphatic hydroxyl groups is 6. The molecule has 0 bridgehead atoms. The number of ether oxygens (including phenoxy) is 4. The van der Waals surface area contributed by atoms with Crippen molar-refractivity contribution in [2.75, 3.05) is 19.8 Å². The molecule has 0 saturated carbocycles. The molecule has 162 valence electrons. The third-order valence-electron chi connectivity index (χ3n) is 5.04. The lowest BCUT2D eigenvalue weighted by atomic mass is 9.99. The molecule has 2 aliphatic heterocycles. The van der Waals surface area contributed by atoms with Crippen molar-refractivity contribution < 1.29 is 49.6 Å². The van der Waals surface area contributed by atoms with Gasteiger partial charge in [-0.1, -0.05) is 24.8 Å². The summed E-state index contributed by atoms with van der Waals surface area (Å²) in [7, 11) is 0. The Labute approximate surface area is 167 Å². The molecule has 3 rings (SSSR count). The minimum absolute atomic E-state index is 0.336. The van der Waals surface area contributed by atoms with Crippen LogP contribution in [0.4, 0.5) is 0 Å². The Hall–Kier alpha value is -1.60. The Morgan fingerprint density at radius 2 is 1.76 bits per heavy atom. The molecule has 29 heavy (non-hydrogen) atoms. The van der Waals surface area contributed by atoms with Gasteiger partial charge in [-0.15, -0.1) is 0 Å². The lowest BCUT2D eigenvalue weighted by Gasteiger charge is -2.40. The Bertz CT molecular complexity index is 682. The molecule has 2 fully saturated rings. The monoisotopic (exact) mass is 414 g/mol. The second-order valence-electron chi connectivity index (χ2n) is 7.12. The van der Waals surface area contributed by atoms with Gasteiger partial charge in [0.05, 0.1) is 19.8 Å². The van der Waals surface area contributed by atoms with Crippen molar-refractivity contribution in [1.29, 1.82) is 0 Å². The highest BCUT2D eigenvalue weighted by Crippen LogP contribution is 2.28. The van der Waals surface area contributed by atoms with E-state index >= 15 is 0 Å². The third kappa shape index (κ3) is 4.61. The van der Waals surface area contributed by atoms with Gasteiger partial charge in [0, 0.05) is 0 Å². The molecule has 10 nitrogen and oxygen atoms in total. The quantitative estimate of drug-likeness (QED) is 0.294. The molecule has 1 aromatic carbocycles. The van der Waals surface area contributed by atoms with E-state index in [1.807, 2.05) is 0 Å². The summed E-state index contributed by atoms with van der Waals surface area (Å²) in [6, 6.07) is 6.75. The van der Waals surface area contributed by atoms with Crippen LogP contribution in [0, 0.1) is 0 Å². The molecule has 6 N–H and O–H groups in total. The minimum Gasteiger partial charge on any atom is -0.462 e. The average molecular weight is 414 g/mol. The highest BCUT2D eigenvalue weighted by Gasteiger charge is 2.50. The summed E-state index contributed by atoms with van der Waals surface area (Å²) in [5, 5.41) is 59.6. The molecule has 0 radical (unpaired) electrons. The highest BCUT2D eigenvalue weighted by atomic mass is 16.7. The molecule has 0 spiro atoms. The van der Waals surface area contributed by atoms with Crippen LogP contribution in [0.1, 0.15) is 5.56 Å². The van der Waals surface area contributed by atoms with Gasteiger partial charge in [0.1, 0.15) is 41.9 Å². The molecule has 0 aliphatic carbocycles. The van der Waals surface area contributed by atoms with Gasteiger partial charge in [0.2, 0.25) is 6.29 Å². The average Bonchev–Trinajstić information content (AvgIpc) is 3.02. The Morgan fingerprint density at radius 3 is 2.34 bits per heavy atom. The maximum Gasteiger partial charge on any atom is 0.229 e. The van der Waals surface area contributed by atoms with Gasteiger partial charge in [-0.3, -0.25) is 0 Å². The molecule has 0 amide bonds. The van der Waals surface area contributed by atoms with Gasteiger partial charge in [0.15, 0.2) is 6.29 Å². The van der Waals surface area contributed by atoms with E-state index in [2.05, 4.69) is 6.58 Å². The summed E-state index contributed by atoms with van der Waals surface area (Å²) in [5.41, 5.74) is -0.988. The van der Waals surface area contributed by atoms with Gasteiger partial charge in [-0.05, 0) is 17.7 Å². The summed E-state index contributed by atoms with van der Waals surface area (Å²) in [4.78, 5) is 0. The first-order chi connectivity index (χ1) is 13.8. The van der Waals surface area contributed by atoms with Crippen molar-refractivity contribution in [1.82, 2.24) is 0 Å². The number of rotatable bonds is 7. The molecule has 2 aliphatic rings. The Kier molecular flexibility index (Phi) is 6.89. The van der Waals surface area contributed by atoms with Crippen molar-refractivity contribution in [3.05, 3.63) is 36.4 Å². The zero-order valence-electron chi connectivity index (χ0n) is 15.6. The van der Waals surface area contributed by atoms with Crippen LogP contribution in [0.3, 0.4) is 0 Å². The summed E-state index contributed by atoms with van der Waals surface area (Å²) in [5.74, 6) is 0.366. The summed E-state index contributed by atoms with van der Waals surface area (Å²) < 4.78 is 21.6. The van der Waals surface area contributed by atoms with Crippen LogP contribution in [-0.2, 0) is 14.2 Å². The molecule has 8 atom stereocenters. The van der Waals surface area contributed by atoms with Gasteiger partial charge in [-0.25, -0.2) is 0 Å². The van der Waals surface area contributed by atoms with Crippen LogP contribution >= 0.6 is 0 Å². The van der Waals surface area contributed by atoms with Crippen molar-refractivity contribution >= 4 is 6.08 Å². The van der Waals surface area contributed by atoms with E-state index in [0.717, 1.165) is 5.56 Å². The van der Waals surface area contributed by atoms with Crippen molar-refractivity contribution in [2.45, 2.75) is 48.7 Å². The largest absolute Gasteiger partial charge is 0.462 e. The maximum absolute atomic E-state index is 10.2. The highest BCUT2D eigenvalue weighted by molar-refractivity contribution is 5.48. The predicted molar refractivity (Wildman–Crippen MR) is 97.6 cm³/mol. The van der Waals surface area contributed by atoms with Gasteiger partial charge in [0.25, 0.3) is 0 Å². The second-order valence-corrected chi connectivity index (χ2v) is 7.12. The van der Waals surface area contributed by atoms with Crippen LogP contribution < -0.4 is 4.74 Å². The zero-order valence-corrected chi connectivity index (χ0v) is 15.6. The van der Waals surface area contributed by atoms with Gasteiger partial charge >= 0.3 is 0 Å². The summed E-state index contributed by atoms with van der Waals surface area (Å²) in [6.45, 7) is 2.25. The van der Waals surface area contributed by atoms with E-state index in [0.29, 0.717) is 5.75 Å². The summed E-state index contributed by atoms with van der Waals surface area (Å²) in [6.07, 6.45) is -8.13. The standard InChI is InChI=1S/C19H26O10/c1-2-10-3-5-11(6-4-10)28-17-15(23)14(22)13(21)12(29-17)7-26-18-16(24)19(25,8-20)9-27-18/h2-6,12-18,20-25H,1,7-9H2/t12-,13-,14+,15-,16+,17-,18-,19-/m1/s1. The lowest BCUT2D eigenvalue weighted by molar-refractivity contribution is -0.289. The SMILES string of the molecule is C=Cc1ccc(O[C@@H]2O[C@H](CO[C@@H]3OC[C@](O)(CO)[C@H]3O)[C@@H](O)[C@H](O)[C@H]2O)cc1. The van der Waals surface area contributed by atoms with Crippen LogP contribution in [0.5, 0.6) is 5.75 Å². The molecular formula is C19H26O10. The van der Waals surface area contributed by atoms with E-state index < -0.39 is 55.3 Å². The summed E-state index contributed by atoms with van der Waals surface area (Å²) >= 11 is 0. The second kappa shape index (κ2) is 9.04. The number of hydrogen-bond acceptors (Lipinski definition) is 10. The van der Waals surface area contributed by atoms with Gasteiger partial charge < -0.3 is 49.6 Å². The predicted octanol–water partition coefficient (Wildman–Crippen LogP) is -2.03. The fraction of sp³-hybridized carbons (Fsp3) is 0.579. The van der Waals surface area contributed by atoms with Crippen LogP contribution in [0.15, 0.2) is 30.8 Å². The van der Waals surface area contributed by atoms with Crippen molar-refractivity contribution in [3.8, 4) is 5.75 Å². The normalized spacial score (nSPS) is 40.0. The Balaban J connectivity index is 1.62. The first-order valence-electron chi connectivity index (χ1n) is 9.12. The molecule has 2 heterocycles. The maximum atomic E-state index is 10.2. The topological polar surface area (TPSA) is 158 Å². The van der Waals surface area contributed by atoms with E-state index in [9.17, 15) is 25.5 Å². The lowest BCUT2D eigenvalue weighted by Crippen LogP contribution is -2.60. The van der Waals surface area contributed by atoms with E-state index in [-0.39, 0.29) is 13.2 Å². The molecule has 0 aromatic heterocycles. The van der Waals surface area contributed by atoms with E-state index in [1.54, 1.807) is 30.3 Å². The van der Waals surface area contributed by atoms with Gasteiger partial charge in [-0.2, -0.15) is 0 Å². The first-order valence-corrected chi connectivity index (χ1v) is 9.12. The molecule has 10 heteroatoms. The fourth-order valence-electron chi connectivity index (χ4n) is 3.09. The zero-order chi connectivity index (χ0) is 21.2. The number of hydrogen-bond donors (Lipinski definition) is 6. The molecular weight excluding hydrogens is 388 g/mol. The van der Waals surface area contributed by atoms with Crippen molar-refractivity contribution in [2.24, 2.45) is 0 Å². The van der Waals surface area contributed by atoms with Crippen molar-refractivity contribution in [3.63, 3.8) is 0 Å². The van der Waals surface area contributed by atoms with E-state index in [4.69, 9.17) is 24.1 Å². The van der Waals surface area contributed by atoms with E-state index in [1.165, 1.54) is 0 Å². The molecule has 2 saturated heterocycles. The Morgan fingerprint density at radius 1 is 1.07 bits per heavy atom. The molecule has 0 unspecified atom stereocenters. The smallest absolute Gasteiger partial charge is 0.229 e.